The van der Waals surface area contributed by atoms with Crippen molar-refractivity contribution < 1.29 is 9.47 Å². The maximum Gasteiger partial charge on any atom is 0.131 e. The maximum absolute atomic E-state index is 5.29. The first-order valence-electron chi connectivity index (χ1n) is 5.89. The van der Waals surface area contributed by atoms with E-state index in [2.05, 4.69) is 10.5 Å². The molecule has 0 amide bonds. The molecule has 2 rings (SSSR count). The van der Waals surface area contributed by atoms with Crippen molar-refractivity contribution in [3.8, 4) is 11.5 Å². The zero-order chi connectivity index (χ0) is 13.5. The minimum atomic E-state index is 0.720. The fourth-order valence-corrected chi connectivity index (χ4v) is 1.61. The largest absolute Gasteiger partial charge is 0.497 e. The highest BCUT2D eigenvalue weighted by molar-refractivity contribution is 5.84. The summed E-state index contributed by atoms with van der Waals surface area (Å²) >= 11 is 0. The number of hydrogen-bond acceptors (Lipinski definition) is 4. The van der Waals surface area contributed by atoms with E-state index in [-0.39, 0.29) is 0 Å². The Balaban J connectivity index is 2.10. The van der Waals surface area contributed by atoms with Gasteiger partial charge in [-0.05, 0) is 24.3 Å². The lowest BCUT2D eigenvalue weighted by Gasteiger charge is -2.07. The van der Waals surface area contributed by atoms with Crippen molar-refractivity contribution in [2.75, 3.05) is 19.6 Å². The predicted octanol–water partition coefficient (Wildman–Crippen LogP) is 3.15. The van der Waals surface area contributed by atoms with E-state index in [1.807, 2.05) is 48.5 Å². The summed E-state index contributed by atoms with van der Waals surface area (Å²) in [6.45, 7) is 0. The number of anilines is 1. The quantitative estimate of drug-likeness (QED) is 0.660. The molecule has 0 bridgehead atoms. The maximum atomic E-state index is 5.29. The van der Waals surface area contributed by atoms with Crippen LogP contribution >= 0.6 is 0 Å². The van der Waals surface area contributed by atoms with Crippen LogP contribution in [-0.2, 0) is 0 Å². The van der Waals surface area contributed by atoms with E-state index in [0.29, 0.717) is 0 Å². The molecule has 0 saturated heterocycles. The number of nitrogens with one attached hydrogen (secondary N) is 1. The Kier molecular flexibility index (Phi) is 4.39. The SMILES string of the molecule is COc1ccc(/C=N/Nc2ccccc2)c(OC)c1. The van der Waals surface area contributed by atoms with Gasteiger partial charge < -0.3 is 9.47 Å². The van der Waals surface area contributed by atoms with Gasteiger partial charge in [0.1, 0.15) is 11.5 Å². The summed E-state index contributed by atoms with van der Waals surface area (Å²) in [4.78, 5) is 0. The van der Waals surface area contributed by atoms with Gasteiger partial charge in [-0.25, -0.2) is 0 Å². The summed E-state index contributed by atoms with van der Waals surface area (Å²) in [5.74, 6) is 1.47. The Morgan fingerprint density at radius 1 is 1.00 bits per heavy atom. The molecule has 0 aliphatic carbocycles. The monoisotopic (exact) mass is 256 g/mol. The predicted molar refractivity (Wildman–Crippen MR) is 77.2 cm³/mol. The van der Waals surface area contributed by atoms with E-state index >= 15 is 0 Å². The molecule has 19 heavy (non-hydrogen) atoms. The van der Waals surface area contributed by atoms with Crippen LogP contribution in [-0.4, -0.2) is 20.4 Å². The van der Waals surface area contributed by atoms with Crippen molar-refractivity contribution in [3.05, 3.63) is 54.1 Å². The van der Waals surface area contributed by atoms with Crippen LogP contribution < -0.4 is 14.9 Å². The first-order chi connectivity index (χ1) is 9.33. The van der Waals surface area contributed by atoms with Crippen molar-refractivity contribution in [3.63, 3.8) is 0 Å². The molecule has 0 aliphatic rings. The molecule has 98 valence electrons. The van der Waals surface area contributed by atoms with Gasteiger partial charge in [-0.15, -0.1) is 0 Å². The number of ether oxygens (including phenoxy) is 2. The van der Waals surface area contributed by atoms with Crippen LogP contribution in [0, 0.1) is 0 Å². The van der Waals surface area contributed by atoms with Gasteiger partial charge in [-0.3, -0.25) is 5.43 Å². The Labute approximate surface area is 112 Å². The van der Waals surface area contributed by atoms with Crippen LogP contribution in [0.5, 0.6) is 11.5 Å². The second kappa shape index (κ2) is 6.44. The fourth-order valence-electron chi connectivity index (χ4n) is 1.61. The molecule has 2 aromatic rings. The van der Waals surface area contributed by atoms with Gasteiger partial charge in [0.2, 0.25) is 0 Å². The van der Waals surface area contributed by atoms with Gasteiger partial charge in [0.15, 0.2) is 0 Å². The second-order valence-electron chi connectivity index (χ2n) is 3.84. The molecule has 0 unspecified atom stereocenters. The Hall–Kier alpha value is -2.49. The molecule has 0 heterocycles. The van der Waals surface area contributed by atoms with Gasteiger partial charge in [-0.2, -0.15) is 5.10 Å². The van der Waals surface area contributed by atoms with Gasteiger partial charge in [-0.1, -0.05) is 18.2 Å². The third-order valence-corrected chi connectivity index (χ3v) is 2.61. The fraction of sp³-hybridized carbons (Fsp3) is 0.133. The molecule has 1 N–H and O–H groups in total. The molecule has 2 aromatic carbocycles. The van der Waals surface area contributed by atoms with Crippen LogP contribution in [0.4, 0.5) is 5.69 Å². The van der Waals surface area contributed by atoms with Crippen LogP contribution in [0.2, 0.25) is 0 Å². The summed E-state index contributed by atoms with van der Waals surface area (Å²) in [5, 5.41) is 4.18. The van der Waals surface area contributed by atoms with E-state index in [1.54, 1.807) is 20.4 Å². The summed E-state index contributed by atoms with van der Waals surface area (Å²) in [7, 11) is 3.25. The van der Waals surface area contributed by atoms with Crippen LogP contribution in [0.25, 0.3) is 0 Å². The lowest BCUT2D eigenvalue weighted by molar-refractivity contribution is 0.394. The molecule has 0 saturated carbocycles. The summed E-state index contributed by atoms with van der Waals surface area (Å²) in [5.41, 5.74) is 4.77. The number of rotatable bonds is 5. The smallest absolute Gasteiger partial charge is 0.131 e. The van der Waals surface area contributed by atoms with Crippen LogP contribution in [0.1, 0.15) is 5.56 Å². The highest BCUT2D eigenvalue weighted by atomic mass is 16.5. The Morgan fingerprint density at radius 2 is 1.79 bits per heavy atom. The molecular weight excluding hydrogens is 240 g/mol. The third kappa shape index (κ3) is 3.48. The van der Waals surface area contributed by atoms with Gasteiger partial charge in [0.05, 0.1) is 26.1 Å². The van der Waals surface area contributed by atoms with E-state index in [0.717, 1.165) is 22.7 Å². The summed E-state index contributed by atoms with van der Waals surface area (Å²) in [6.07, 6.45) is 1.71. The summed E-state index contributed by atoms with van der Waals surface area (Å²) in [6, 6.07) is 15.3. The molecule has 4 heteroatoms. The van der Waals surface area contributed by atoms with E-state index in [4.69, 9.17) is 9.47 Å². The highest BCUT2D eigenvalue weighted by Crippen LogP contribution is 2.23. The number of benzene rings is 2. The van der Waals surface area contributed by atoms with Crippen LogP contribution in [0.3, 0.4) is 0 Å². The van der Waals surface area contributed by atoms with Gasteiger partial charge in [0.25, 0.3) is 0 Å². The van der Waals surface area contributed by atoms with Crippen LogP contribution in [0.15, 0.2) is 53.6 Å². The molecule has 0 fully saturated rings. The normalized spacial score (nSPS) is 10.4. The molecule has 0 spiro atoms. The number of nitrogens with zero attached hydrogens (tertiary/aromatic N) is 1. The third-order valence-electron chi connectivity index (χ3n) is 2.61. The first-order valence-corrected chi connectivity index (χ1v) is 5.89. The van der Waals surface area contributed by atoms with Gasteiger partial charge >= 0.3 is 0 Å². The average molecular weight is 256 g/mol. The minimum Gasteiger partial charge on any atom is -0.497 e. The molecule has 0 radical (unpaired) electrons. The number of hydrogen-bond donors (Lipinski definition) is 1. The Morgan fingerprint density at radius 3 is 2.47 bits per heavy atom. The lowest BCUT2D eigenvalue weighted by Crippen LogP contribution is -1.95. The zero-order valence-corrected chi connectivity index (χ0v) is 11.0. The summed E-state index contributed by atoms with van der Waals surface area (Å²) < 4.78 is 10.4. The lowest BCUT2D eigenvalue weighted by atomic mass is 10.2. The zero-order valence-electron chi connectivity index (χ0n) is 11.0. The van der Waals surface area contributed by atoms with E-state index in [9.17, 15) is 0 Å². The molecule has 4 nitrogen and oxygen atoms in total. The number of para-hydroxylation sites is 1. The van der Waals surface area contributed by atoms with Crippen molar-refractivity contribution in [1.82, 2.24) is 0 Å². The Bertz CT molecular complexity index is 553. The van der Waals surface area contributed by atoms with Crippen molar-refractivity contribution in [2.45, 2.75) is 0 Å². The average Bonchev–Trinajstić information content (AvgIpc) is 2.48. The standard InChI is InChI=1S/C15H16N2O2/c1-18-14-9-8-12(15(10-14)19-2)11-16-17-13-6-4-3-5-7-13/h3-11,17H,1-2H3/b16-11+. The highest BCUT2D eigenvalue weighted by Gasteiger charge is 2.02. The van der Waals surface area contributed by atoms with Crippen molar-refractivity contribution >= 4 is 11.9 Å². The van der Waals surface area contributed by atoms with E-state index < -0.39 is 0 Å². The van der Waals surface area contributed by atoms with E-state index in [1.165, 1.54) is 0 Å². The second-order valence-corrected chi connectivity index (χ2v) is 3.84. The van der Waals surface area contributed by atoms with Crippen molar-refractivity contribution in [2.24, 2.45) is 5.10 Å². The number of hydrazone groups is 1. The number of methoxy groups -OCH3 is 2. The molecular formula is C15H16N2O2. The molecule has 0 atom stereocenters. The molecule has 0 aliphatic heterocycles. The topological polar surface area (TPSA) is 42.8 Å². The van der Waals surface area contributed by atoms with Crippen molar-refractivity contribution in [1.29, 1.82) is 0 Å². The minimum absolute atomic E-state index is 0.720. The van der Waals surface area contributed by atoms with Gasteiger partial charge in [0, 0.05) is 11.6 Å². The molecule has 0 aromatic heterocycles. The first kappa shape index (κ1) is 13.0.